The summed E-state index contributed by atoms with van der Waals surface area (Å²) >= 11 is 7.87. The Bertz CT molecular complexity index is 1970. The number of likely N-dealkylation sites (tertiary alicyclic amines) is 1. The van der Waals surface area contributed by atoms with Gasteiger partial charge in [-0.05, 0) is 103 Å². The summed E-state index contributed by atoms with van der Waals surface area (Å²) in [5, 5.41) is 6.33. The number of thiazole rings is 1. The van der Waals surface area contributed by atoms with Crippen molar-refractivity contribution < 1.29 is 14.3 Å². The van der Waals surface area contributed by atoms with Crippen molar-refractivity contribution in [2.45, 2.75) is 90.4 Å². The zero-order valence-corrected chi connectivity index (χ0v) is 30.1. The lowest BCUT2D eigenvalue weighted by Crippen LogP contribution is -2.44. The summed E-state index contributed by atoms with van der Waals surface area (Å²) in [5.74, 6) is -0.0666. The van der Waals surface area contributed by atoms with E-state index in [0.717, 1.165) is 86.3 Å². The Balaban J connectivity index is 1.33. The molecule has 48 heavy (non-hydrogen) atoms. The molecule has 7 rings (SSSR count). The molecule has 2 fully saturated rings. The number of piperidine rings is 1. The molecule has 3 aromatic heterocycles. The number of hydrogen-bond acceptors (Lipinski definition) is 9. The first-order valence-electron chi connectivity index (χ1n) is 17.0. The molecular weight excluding hydrogens is 644 g/mol. The first-order valence-corrected chi connectivity index (χ1v) is 18.2. The van der Waals surface area contributed by atoms with Crippen LogP contribution in [-0.4, -0.2) is 66.9 Å². The highest BCUT2D eigenvalue weighted by molar-refractivity contribution is 7.22. The minimum atomic E-state index is -0.935. The third-order valence-corrected chi connectivity index (χ3v) is 10.9. The standard InChI is InChI=1S/C37H43ClN6O3S/c1-7-46-36(45)32(47-37(3,4)5)28-21(2)19-26-33(29(28)22-11-13-24(38)14-12-22)48-35(41-26)27-20-39-34-31(40-27)30(42-43(34)6)23-15-17-44(18-16-23)25-9-8-10-25/h11-14,19-20,23,25,32H,7-10,15-18H2,1-6H3/t32-/m0/s1. The van der Waals surface area contributed by atoms with Gasteiger partial charge < -0.3 is 14.4 Å². The highest BCUT2D eigenvalue weighted by Gasteiger charge is 2.34. The Morgan fingerprint density at radius 1 is 1.10 bits per heavy atom. The summed E-state index contributed by atoms with van der Waals surface area (Å²) in [6, 6.07) is 10.5. The topological polar surface area (TPSA) is 95.3 Å². The summed E-state index contributed by atoms with van der Waals surface area (Å²) in [7, 11) is 1.95. The van der Waals surface area contributed by atoms with Crippen LogP contribution in [0.15, 0.2) is 36.5 Å². The predicted molar refractivity (Wildman–Crippen MR) is 191 cm³/mol. The number of carbonyl (C=O) groups excluding carboxylic acids is 1. The average Bonchev–Trinajstić information content (AvgIpc) is 3.59. The second-order valence-corrected chi connectivity index (χ2v) is 15.5. The Morgan fingerprint density at radius 2 is 1.83 bits per heavy atom. The van der Waals surface area contributed by atoms with Crippen LogP contribution < -0.4 is 0 Å². The molecule has 252 valence electrons. The molecule has 1 aliphatic carbocycles. The minimum absolute atomic E-state index is 0.252. The monoisotopic (exact) mass is 686 g/mol. The van der Waals surface area contributed by atoms with E-state index in [4.69, 9.17) is 41.1 Å². The maximum absolute atomic E-state index is 13.5. The molecule has 0 radical (unpaired) electrons. The molecule has 1 saturated carbocycles. The first kappa shape index (κ1) is 33.1. The highest BCUT2D eigenvalue weighted by atomic mass is 35.5. The number of carbonyl (C=O) groups is 1. The fraction of sp³-hybridized carbons (Fsp3) is 0.486. The van der Waals surface area contributed by atoms with Gasteiger partial charge in [-0.3, -0.25) is 0 Å². The number of ether oxygens (including phenoxy) is 2. The van der Waals surface area contributed by atoms with E-state index in [0.29, 0.717) is 16.6 Å². The molecular formula is C37H43ClN6O3S. The molecule has 4 heterocycles. The fourth-order valence-corrected chi connectivity index (χ4v) is 8.28. The molecule has 1 atom stereocenters. The number of halogens is 1. The number of benzene rings is 2. The van der Waals surface area contributed by atoms with Crippen molar-refractivity contribution in [2.75, 3.05) is 19.7 Å². The lowest BCUT2D eigenvalue weighted by atomic mass is 9.87. The molecule has 0 spiro atoms. The number of fused-ring (bicyclic) bond motifs is 2. The van der Waals surface area contributed by atoms with E-state index in [1.54, 1.807) is 24.5 Å². The van der Waals surface area contributed by atoms with E-state index < -0.39 is 17.7 Å². The lowest BCUT2D eigenvalue weighted by Gasteiger charge is -2.41. The summed E-state index contributed by atoms with van der Waals surface area (Å²) in [5.41, 5.74) is 7.03. The SMILES string of the molecule is CCOC(=O)[C@@H](OC(C)(C)C)c1c(C)cc2nc(-c3cnc4c(n3)c(C3CCN(C5CCC5)CC3)nn4C)sc2c1-c1ccc(Cl)cc1. The van der Waals surface area contributed by atoms with E-state index in [-0.39, 0.29) is 6.61 Å². The van der Waals surface area contributed by atoms with Gasteiger partial charge in [0.05, 0.1) is 34.3 Å². The number of aromatic nitrogens is 5. The largest absolute Gasteiger partial charge is 0.464 e. The van der Waals surface area contributed by atoms with Gasteiger partial charge in [-0.15, -0.1) is 11.3 Å². The van der Waals surface area contributed by atoms with Crippen molar-refractivity contribution in [3.63, 3.8) is 0 Å². The highest BCUT2D eigenvalue weighted by Crippen LogP contribution is 2.45. The number of rotatable bonds is 8. The van der Waals surface area contributed by atoms with Crippen LogP contribution >= 0.6 is 22.9 Å². The Morgan fingerprint density at radius 3 is 2.48 bits per heavy atom. The molecule has 1 saturated heterocycles. The van der Waals surface area contributed by atoms with E-state index in [9.17, 15) is 4.79 Å². The molecule has 0 amide bonds. The third-order valence-electron chi connectivity index (χ3n) is 9.58. The van der Waals surface area contributed by atoms with Crippen LogP contribution in [0, 0.1) is 6.92 Å². The van der Waals surface area contributed by atoms with Crippen molar-refractivity contribution >= 4 is 50.3 Å². The predicted octanol–water partition coefficient (Wildman–Crippen LogP) is 8.42. The van der Waals surface area contributed by atoms with Crippen LogP contribution in [0.1, 0.15) is 88.6 Å². The van der Waals surface area contributed by atoms with Crippen molar-refractivity contribution in [1.82, 2.24) is 29.6 Å². The molecule has 2 aromatic carbocycles. The van der Waals surface area contributed by atoms with Gasteiger partial charge in [0.15, 0.2) is 11.8 Å². The third kappa shape index (κ3) is 6.35. The van der Waals surface area contributed by atoms with Crippen molar-refractivity contribution in [2.24, 2.45) is 7.05 Å². The Kier molecular flexibility index (Phi) is 9.04. The number of aryl methyl sites for hydroxylation is 2. The van der Waals surface area contributed by atoms with Gasteiger partial charge in [0.2, 0.25) is 0 Å². The first-order chi connectivity index (χ1) is 23.0. The van der Waals surface area contributed by atoms with E-state index in [2.05, 4.69) is 4.90 Å². The van der Waals surface area contributed by atoms with Crippen LogP contribution in [0.5, 0.6) is 0 Å². The van der Waals surface area contributed by atoms with Crippen LogP contribution in [0.4, 0.5) is 0 Å². The number of nitrogens with zero attached hydrogens (tertiary/aromatic N) is 6. The quantitative estimate of drug-likeness (QED) is 0.150. The van der Waals surface area contributed by atoms with Crippen LogP contribution in [0.25, 0.3) is 43.2 Å². The lowest BCUT2D eigenvalue weighted by molar-refractivity contribution is -0.166. The molecule has 5 aromatic rings. The van der Waals surface area contributed by atoms with E-state index in [1.165, 1.54) is 19.3 Å². The van der Waals surface area contributed by atoms with E-state index >= 15 is 0 Å². The molecule has 2 aliphatic rings. The fourth-order valence-electron chi connectivity index (χ4n) is 7.07. The van der Waals surface area contributed by atoms with Gasteiger partial charge >= 0.3 is 5.97 Å². The zero-order valence-electron chi connectivity index (χ0n) is 28.5. The molecule has 11 heteroatoms. The molecule has 0 N–H and O–H groups in total. The van der Waals surface area contributed by atoms with Gasteiger partial charge in [-0.25, -0.2) is 24.4 Å². The zero-order chi connectivity index (χ0) is 33.7. The second kappa shape index (κ2) is 13.1. The molecule has 9 nitrogen and oxygen atoms in total. The molecule has 0 unspecified atom stereocenters. The number of esters is 1. The van der Waals surface area contributed by atoms with Crippen molar-refractivity contribution in [3.8, 4) is 21.8 Å². The molecule has 0 bridgehead atoms. The van der Waals surface area contributed by atoms with Crippen molar-refractivity contribution in [1.29, 1.82) is 0 Å². The smallest absolute Gasteiger partial charge is 0.339 e. The van der Waals surface area contributed by atoms with Gasteiger partial charge in [-0.1, -0.05) is 30.2 Å². The Labute approximate surface area is 290 Å². The Hall–Kier alpha value is -3.44. The maximum Gasteiger partial charge on any atom is 0.339 e. The van der Waals surface area contributed by atoms with E-state index in [1.807, 2.05) is 69.8 Å². The maximum atomic E-state index is 13.5. The van der Waals surface area contributed by atoms with Crippen LogP contribution in [0.2, 0.25) is 5.02 Å². The second-order valence-electron chi connectivity index (χ2n) is 14.0. The summed E-state index contributed by atoms with van der Waals surface area (Å²) < 4.78 is 14.8. The minimum Gasteiger partial charge on any atom is -0.464 e. The summed E-state index contributed by atoms with van der Waals surface area (Å²) in [4.78, 5) is 31.3. The van der Waals surface area contributed by atoms with Crippen molar-refractivity contribution in [3.05, 3.63) is 58.4 Å². The van der Waals surface area contributed by atoms with Gasteiger partial charge in [0, 0.05) is 35.2 Å². The van der Waals surface area contributed by atoms with Crippen LogP contribution in [-0.2, 0) is 21.3 Å². The average molecular weight is 687 g/mol. The van der Waals surface area contributed by atoms with Gasteiger partial charge in [0.1, 0.15) is 16.2 Å². The summed E-state index contributed by atoms with van der Waals surface area (Å²) in [6.45, 7) is 12.1. The normalized spacial score (nSPS) is 17.2. The van der Waals surface area contributed by atoms with Gasteiger partial charge in [0.25, 0.3) is 0 Å². The van der Waals surface area contributed by atoms with Crippen LogP contribution in [0.3, 0.4) is 0 Å². The van der Waals surface area contributed by atoms with Gasteiger partial charge in [-0.2, -0.15) is 5.10 Å². The molecule has 1 aliphatic heterocycles. The number of hydrogen-bond donors (Lipinski definition) is 0. The summed E-state index contributed by atoms with van der Waals surface area (Å²) in [6.07, 6.45) is 7.06.